The van der Waals surface area contributed by atoms with Gasteiger partial charge in [-0.1, -0.05) is 6.07 Å². The molecule has 0 spiro atoms. The topological polar surface area (TPSA) is 86.8 Å². The first-order valence-corrected chi connectivity index (χ1v) is 13.6. The molecular formula is C29H39N5O3. The molecule has 2 N–H and O–H groups in total. The first kappa shape index (κ1) is 25.5. The van der Waals surface area contributed by atoms with E-state index in [2.05, 4.69) is 32.5 Å². The molecule has 4 atom stereocenters. The third-order valence-corrected chi connectivity index (χ3v) is 8.53. The van der Waals surface area contributed by atoms with Crippen LogP contribution in [0, 0.1) is 6.92 Å². The Hall–Kier alpha value is -3.13. The number of anilines is 1. The molecule has 1 unspecified atom stereocenters. The summed E-state index contributed by atoms with van der Waals surface area (Å²) in [4.78, 5) is 35.1. The summed E-state index contributed by atoms with van der Waals surface area (Å²) in [6.45, 7) is 3.76. The van der Waals surface area contributed by atoms with E-state index in [0.29, 0.717) is 35.8 Å². The number of nitrogens with zero attached hydrogens (tertiary/aromatic N) is 3. The Kier molecular flexibility index (Phi) is 7.65. The molecule has 0 saturated carbocycles. The normalized spacial score (nSPS) is 25.2. The summed E-state index contributed by atoms with van der Waals surface area (Å²) in [5, 5.41) is 6.33. The zero-order valence-corrected chi connectivity index (χ0v) is 22.2. The number of aromatic nitrogens is 1. The zero-order valence-electron chi connectivity index (χ0n) is 22.2. The van der Waals surface area contributed by atoms with Crippen LogP contribution in [0.25, 0.3) is 0 Å². The van der Waals surface area contributed by atoms with E-state index in [1.54, 1.807) is 13.3 Å². The molecule has 37 heavy (non-hydrogen) atoms. The van der Waals surface area contributed by atoms with Crippen molar-refractivity contribution in [2.75, 3.05) is 32.1 Å². The van der Waals surface area contributed by atoms with Crippen molar-refractivity contribution in [1.29, 1.82) is 0 Å². The third-order valence-electron chi connectivity index (χ3n) is 8.53. The van der Waals surface area contributed by atoms with Gasteiger partial charge in [-0.05, 0) is 89.7 Å². The maximum absolute atomic E-state index is 13.0. The minimum Gasteiger partial charge on any atom is -0.496 e. The van der Waals surface area contributed by atoms with Crippen LogP contribution in [0.2, 0.25) is 0 Å². The molecule has 1 aromatic heterocycles. The summed E-state index contributed by atoms with van der Waals surface area (Å²) in [6, 6.07) is 10.8. The average molecular weight is 506 g/mol. The van der Waals surface area contributed by atoms with Crippen molar-refractivity contribution in [2.45, 2.75) is 76.0 Å². The highest BCUT2D eigenvalue weighted by molar-refractivity contribution is 5.96. The Morgan fingerprint density at radius 2 is 1.86 bits per heavy atom. The van der Waals surface area contributed by atoms with E-state index in [0.717, 1.165) is 55.8 Å². The molecule has 0 aliphatic carbocycles. The Labute approximate surface area is 219 Å². The predicted molar refractivity (Wildman–Crippen MR) is 144 cm³/mol. The Morgan fingerprint density at radius 3 is 2.51 bits per heavy atom. The van der Waals surface area contributed by atoms with Gasteiger partial charge in [-0.3, -0.25) is 9.59 Å². The van der Waals surface area contributed by atoms with Crippen LogP contribution < -0.4 is 20.3 Å². The van der Waals surface area contributed by atoms with Gasteiger partial charge in [-0.25, -0.2) is 4.98 Å². The van der Waals surface area contributed by atoms with Gasteiger partial charge in [0.1, 0.15) is 11.6 Å². The molecule has 1 aromatic carbocycles. The largest absolute Gasteiger partial charge is 0.496 e. The van der Waals surface area contributed by atoms with Crippen LogP contribution in [0.15, 0.2) is 36.5 Å². The van der Waals surface area contributed by atoms with Gasteiger partial charge in [0.05, 0.1) is 12.7 Å². The summed E-state index contributed by atoms with van der Waals surface area (Å²) >= 11 is 0. The molecule has 2 bridgehead atoms. The second kappa shape index (κ2) is 11.1. The molecule has 3 saturated heterocycles. The second-order valence-electron chi connectivity index (χ2n) is 10.8. The van der Waals surface area contributed by atoms with Crippen molar-refractivity contribution in [3.63, 3.8) is 0 Å². The summed E-state index contributed by atoms with van der Waals surface area (Å²) in [7, 11) is 3.79. The van der Waals surface area contributed by atoms with Crippen LogP contribution in [-0.2, 0) is 0 Å². The van der Waals surface area contributed by atoms with Gasteiger partial charge < -0.3 is 25.2 Å². The van der Waals surface area contributed by atoms with Crippen molar-refractivity contribution in [2.24, 2.45) is 0 Å². The number of rotatable bonds is 8. The lowest BCUT2D eigenvalue weighted by Gasteiger charge is -2.40. The molecule has 3 aliphatic rings. The summed E-state index contributed by atoms with van der Waals surface area (Å²) < 4.78 is 5.38. The van der Waals surface area contributed by atoms with Crippen molar-refractivity contribution < 1.29 is 14.3 Å². The maximum atomic E-state index is 13.0. The van der Waals surface area contributed by atoms with E-state index in [1.165, 1.54) is 12.8 Å². The lowest BCUT2D eigenvalue weighted by Crippen LogP contribution is -2.50. The molecule has 0 radical (unpaired) electrons. The second-order valence-corrected chi connectivity index (χ2v) is 10.8. The first-order valence-electron chi connectivity index (χ1n) is 13.6. The van der Waals surface area contributed by atoms with Gasteiger partial charge in [-0.15, -0.1) is 0 Å². The number of likely N-dealkylation sites (tertiary alicyclic amines) is 1. The highest BCUT2D eigenvalue weighted by Crippen LogP contribution is 2.38. The first-order chi connectivity index (χ1) is 17.9. The summed E-state index contributed by atoms with van der Waals surface area (Å²) in [5.74, 6) is 1.55. The molecule has 8 nitrogen and oxygen atoms in total. The molecule has 3 aliphatic heterocycles. The standard InChI is InChI=1S/C29H39N5O3/c1-19-25(7-4-8-26(19)37-3)29(36)32-21-16-23-10-11-24(17-21)34(23)27-12-9-20(18-31-27)28(35)30-14-13-22-6-5-15-33(22)2/h4,7-9,12,18,21-24H,5-6,10-11,13-17H2,1-3H3,(H,30,35)(H,32,36)/t21-,22?,23+,24-. The SMILES string of the molecule is COc1cccc(C(=O)N[C@H]2C[C@H]3CC[C@@H](C2)N3c2ccc(C(=O)NCCC3CCCN3C)cn2)c1C. The number of carbonyl (C=O) groups is 2. The van der Waals surface area contributed by atoms with Crippen LogP contribution in [0.3, 0.4) is 0 Å². The number of fused-ring (bicyclic) bond motifs is 2. The smallest absolute Gasteiger partial charge is 0.252 e. The number of nitrogens with one attached hydrogen (secondary N) is 2. The van der Waals surface area contributed by atoms with Crippen LogP contribution >= 0.6 is 0 Å². The number of ether oxygens (including phenoxy) is 1. The molecule has 4 heterocycles. The van der Waals surface area contributed by atoms with Gasteiger partial charge in [-0.2, -0.15) is 0 Å². The van der Waals surface area contributed by atoms with E-state index in [9.17, 15) is 9.59 Å². The van der Waals surface area contributed by atoms with Gasteiger partial charge in [0.25, 0.3) is 11.8 Å². The number of hydrogen-bond acceptors (Lipinski definition) is 6. The van der Waals surface area contributed by atoms with E-state index >= 15 is 0 Å². The monoisotopic (exact) mass is 505 g/mol. The minimum atomic E-state index is -0.0584. The molecule has 198 valence electrons. The molecule has 5 rings (SSSR count). The Balaban J connectivity index is 1.16. The maximum Gasteiger partial charge on any atom is 0.252 e. The van der Waals surface area contributed by atoms with Crippen molar-refractivity contribution >= 4 is 17.6 Å². The Bertz CT molecular complexity index is 1110. The molecule has 2 amide bonds. The number of methoxy groups -OCH3 is 1. The minimum absolute atomic E-state index is 0.0395. The van der Waals surface area contributed by atoms with E-state index in [4.69, 9.17) is 4.74 Å². The lowest BCUT2D eigenvalue weighted by atomic mass is 9.96. The lowest BCUT2D eigenvalue weighted by molar-refractivity contribution is 0.0923. The van der Waals surface area contributed by atoms with Gasteiger partial charge in [0, 0.05) is 48.0 Å². The highest BCUT2D eigenvalue weighted by Gasteiger charge is 2.42. The van der Waals surface area contributed by atoms with Gasteiger partial charge >= 0.3 is 0 Å². The number of hydrogen-bond donors (Lipinski definition) is 2. The van der Waals surface area contributed by atoms with Crippen molar-refractivity contribution in [1.82, 2.24) is 20.5 Å². The number of carbonyl (C=O) groups excluding carboxylic acids is 2. The summed E-state index contributed by atoms with van der Waals surface area (Å²) in [5.41, 5.74) is 2.13. The van der Waals surface area contributed by atoms with Gasteiger partial charge in [0.15, 0.2) is 0 Å². The van der Waals surface area contributed by atoms with E-state index in [-0.39, 0.29) is 17.9 Å². The highest BCUT2D eigenvalue weighted by atomic mass is 16.5. The fourth-order valence-electron chi connectivity index (χ4n) is 6.49. The molecule has 3 fully saturated rings. The Morgan fingerprint density at radius 1 is 1.08 bits per heavy atom. The fraction of sp³-hybridized carbons (Fsp3) is 0.552. The number of pyridine rings is 1. The number of amides is 2. The average Bonchev–Trinajstić information content (AvgIpc) is 3.43. The zero-order chi connectivity index (χ0) is 25.9. The number of piperidine rings is 1. The van der Waals surface area contributed by atoms with E-state index < -0.39 is 0 Å². The predicted octanol–water partition coefficient (Wildman–Crippen LogP) is 3.54. The van der Waals surface area contributed by atoms with E-state index in [1.807, 2.05) is 37.3 Å². The van der Waals surface area contributed by atoms with Crippen LogP contribution in [0.4, 0.5) is 5.82 Å². The third kappa shape index (κ3) is 5.44. The fourth-order valence-corrected chi connectivity index (χ4v) is 6.49. The van der Waals surface area contributed by atoms with Crippen LogP contribution in [0.5, 0.6) is 5.75 Å². The van der Waals surface area contributed by atoms with Crippen LogP contribution in [-0.4, -0.2) is 73.1 Å². The van der Waals surface area contributed by atoms with Gasteiger partial charge in [0.2, 0.25) is 0 Å². The van der Waals surface area contributed by atoms with Crippen molar-refractivity contribution in [3.05, 3.63) is 53.2 Å². The quantitative estimate of drug-likeness (QED) is 0.571. The van der Waals surface area contributed by atoms with Crippen molar-refractivity contribution in [3.8, 4) is 5.75 Å². The summed E-state index contributed by atoms with van der Waals surface area (Å²) in [6.07, 6.45) is 9.12. The molecule has 8 heteroatoms. The molecular weight excluding hydrogens is 466 g/mol. The molecule has 2 aromatic rings. The van der Waals surface area contributed by atoms with Crippen LogP contribution in [0.1, 0.15) is 71.2 Å². The number of benzene rings is 1.